The van der Waals surface area contributed by atoms with Gasteiger partial charge in [-0.15, -0.1) is 0 Å². The number of likely N-dealkylation sites (tertiary alicyclic amines) is 1. The van der Waals surface area contributed by atoms with E-state index in [1.165, 1.54) is 18.2 Å². The first-order valence-electron chi connectivity index (χ1n) is 9.97. The number of amides is 1. The molecule has 1 amide bonds. The number of nitrogens with one attached hydrogen (secondary N) is 1. The molecule has 0 bridgehead atoms. The van der Waals surface area contributed by atoms with Crippen molar-refractivity contribution in [1.29, 1.82) is 0 Å². The third-order valence-electron chi connectivity index (χ3n) is 5.40. The van der Waals surface area contributed by atoms with E-state index in [0.29, 0.717) is 22.8 Å². The van der Waals surface area contributed by atoms with E-state index in [1.807, 2.05) is 7.05 Å². The van der Waals surface area contributed by atoms with E-state index in [4.69, 9.17) is 4.74 Å². The molecule has 1 saturated heterocycles. The molecule has 0 aliphatic carbocycles. The summed E-state index contributed by atoms with van der Waals surface area (Å²) in [6.07, 6.45) is 3.71. The van der Waals surface area contributed by atoms with Crippen molar-refractivity contribution in [2.45, 2.75) is 32.4 Å². The minimum absolute atomic E-state index is 0.0877. The Bertz CT molecular complexity index is 1060. The third kappa shape index (κ3) is 4.00. The van der Waals surface area contributed by atoms with Gasteiger partial charge in [-0.2, -0.15) is 0 Å². The highest BCUT2D eigenvalue weighted by Crippen LogP contribution is 2.24. The highest BCUT2D eigenvalue weighted by molar-refractivity contribution is 5.95. The van der Waals surface area contributed by atoms with Gasteiger partial charge in [0.25, 0.3) is 5.91 Å². The van der Waals surface area contributed by atoms with Crippen LogP contribution in [0.1, 0.15) is 34.6 Å². The van der Waals surface area contributed by atoms with E-state index < -0.39 is 11.6 Å². The number of nitrogens with zero attached hydrogens (tertiary/aromatic N) is 3. The molecule has 6 nitrogen and oxygen atoms in total. The lowest BCUT2D eigenvalue weighted by atomic mass is 10.1. The molecule has 4 rings (SSSR count). The van der Waals surface area contributed by atoms with Crippen molar-refractivity contribution < 1.29 is 18.3 Å². The van der Waals surface area contributed by atoms with Crippen molar-refractivity contribution in [2.75, 3.05) is 20.1 Å². The van der Waals surface area contributed by atoms with E-state index >= 15 is 0 Å². The van der Waals surface area contributed by atoms with Gasteiger partial charge >= 0.3 is 0 Å². The van der Waals surface area contributed by atoms with Crippen molar-refractivity contribution in [3.05, 3.63) is 65.1 Å². The Hall–Kier alpha value is -3.00. The number of rotatable bonds is 5. The maximum atomic E-state index is 13.9. The number of hydrogen-bond acceptors (Lipinski definition) is 4. The van der Waals surface area contributed by atoms with Gasteiger partial charge in [-0.05, 0) is 57.6 Å². The number of ether oxygens (including phenoxy) is 1. The number of benzene rings is 1. The Morgan fingerprint density at radius 1 is 1.27 bits per heavy atom. The molecule has 0 spiro atoms. The zero-order valence-electron chi connectivity index (χ0n) is 17.0. The van der Waals surface area contributed by atoms with Gasteiger partial charge in [0.1, 0.15) is 23.9 Å². The van der Waals surface area contributed by atoms with Gasteiger partial charge in [-0.25, -0.2) is 13.8 Å². The van der Waals surface area contributed by atoms with Crippen LogP contribution in [-0.2, 0) is 6.61 Å². The standard InChI is InChI=1S/C22H24F2N4O2/c1-14-20(22(29)26-15-6-4-10-27(2)12-15)28-11-5-9-19(21(28)25-14)30-13-16-17(23)7-3-8-18(16)24/h3,5,7-9,11,15H,4,6,10,12-13H2,1-2H3,(H,26,29)/t15-/m0/s1. The zero-order chi connectivity index (χ0) is 21.3. The van der Waals surface area contributed by atoms with Gasteiger partial charge in [0, 0.05) is 18.8 Å². The normalized spacial score (nSPS) is 17.3. The number of piperidine rings is 1. The molecule has 30 heavy (non-hydrogen) atoms. The molecule has 2 aromatic heterocycles. The fourth-order valence-corrected chi connectivity index (χ4v) is 3.90. The average molecular weight is 414 g/mol. The summed E-state index contributed by atoms with van der Waals surface area (Å²) in [6.45, 7) is 3.32. The summed E-state index contributed by atoms with van der Waals surface area (Å²) in [7, 11) is 2.04. The number of likely N-dealkylation sites (N-methyl/N-ethyl adjacent to an activating group) is 1. The monoisotopic (exact) mass is 414 g/mol. The molecular formula is C22H24F2N4O2. The van der Waals surface area contributed by atoms with Gasteiger partial charge in [0.15, 0.2) is 11.4 Å². The highest BCUT2D eigenvalue weighted by atomic mass is 19.1. The van der Waals surface area contributed by atoms with Crippen molar-refractivity contribution in [1.82, 2.24) is 19.6 Å². The number of aromatic nitrogens is 2. The van der Waals surface area contributed by atoms with Crippen LogP contribution >= 0.6 is 0 Å². The molecule has 0 unspecified atom stereocenters. The van der Waals surface area contributed by atoms with Crippen LogP contribution in [0.15, 0.2) is 36.5 Å². The molecule has 3 aromatic rings. The molecule has 0 saturated carbocycles. The van der Waals surface area contributed by atoms with Crippen molar-refractivity contribution in [3.8, 4) is 5.75 Å². The summed E-state index contributed by atoms with van der Waals surface area (Å²) in [5, 5.41) is 3.10. The lowest BCUT2D eigenvalue weighted by Gasteiger charge is -2.30. The van der Waals surface area contributed by atoms with E-state index in [0.717, 1.165) is 25.9 Å². The maximum Gasteiger partial charge on any atom is 0.270 e. The topological polar surface area (TPSA) is 58.9 Å². The number of hydrogen-bond donors (Lipinski definition) is 1. The Morgan fingerprint density at radius 3 is 2.77 bits per heavy atom. The molecule has 1 aromatic carbocycles. The summed E-state index contributed by atoms with van der Waals surface area (Å²) in [6, 6.07) is 7.15. The van der Waals surface area contributed by atoms with Crippen LogP contribution in [0.3, 0.4) is 0 Å². The first-order chi connectivity index (χ1) is 14.4. The Labute approximate surface area is 173 Å². The van der Waals surface area contributed by atoms with E-state index in [1.54, 1.807) is 29.7 Å². The largest absolute Gasteiger partial charge is 0.485 e. The number of pyridine rings is 1. The number of carbonyl (C=O) groups excluding carboxylic acids is 1. The molecule has 158 valence electrons. The molecule has 3 heterocycles. The summed E-state index contributed by atoms with van der Waals surface area (Å²) >= 11 is 0. The SMILES string of the molecule is Cc1nc2c(OCc3c(F)cccc3F)cccn2c1C(=O)N[C@H]1CCCN(C)C1. The van der Waals surface area contributed by atoms with Crippen molar-refractivity contribution in [3.63, 3.8) is 0 Å². The Kier molecular flexibility index (Phi) is 5.67. The minimum Gasteiger partial charge on any atom is -0.485 e. The highest BCUT2D eigenvalue weighted by Gasteiger charge is 2.24. The summed E-state index contributed by atoms with van der Waals surface area (Å²) in [5.74, 6) is -1.18. The first-order valence-corrected chi connectivity index (χ1v) is 9.97. The van der Waals surface area contributed by atoms with Crippen LogP contribution in [0.5, 0.6) is 5.75 Å². The van der Waals surface area contributed by atoms with Gasteiger partial charge in [-0.1, -0.05) is 6.07 Å². The zero-order valence-corrected chi connectivity index (χ0v) is 17.0. The average Bonchev–Trinajstić information content (AvgIpc) is 3.04. The summed E-state index contributed by atoms with van der Waals surface area (Å²) < 4.78 is 35.1. The predicted molar refractivity (Wildman–Crippen MR) is 109 cm³/mol. The second-order valence-corrected chi connectivity index (χ2v) is 7.68. The number of aryl methyl sites for hydroxylation is 1. The molecule has 0 radical (unpaired) electrons. The smallest absolute Gasteiger partial charge is 0.270 e. The second-order valence-electron chi connectivity index (χ2n) is 7.68. The van der Waals surface area contributed by atoms with E-state index in [-0.39, 0.29) is 24.1 Å². The third-order valence-corrected chi connectivity index (χ3v) is 5.40. The lowest BCUT2D eigenvalue weighted by molar-refractivity contribution is 0.0906. The van der Waals surface area contributed by atoms with Crippen LogP contribution in [-0.4, -0.2) is 46.4 Å². The van der Waals surface area contributed by atoms with Gasteiger partial charge < -0.3 is 15.0 Å². The lowest BCUT2D eigenvalue weighted by Crippen LogP contribution is -2.46. The van der Waals surface area contributed by atoms with E-state index in [9.17, 15) is 13.6 Å². The molecule has 1 atom stereocenters. The first kappa shape index (κ1) is 20.3. The van der Waals surface area contributed by atoms with Crippen molar-refractivity contribution >= 4 is 11.6 Å². The minimum atomic E-state index is -0.668. The second kappa shape index (κ2) is 8.39. The maximum absolute atomic E-state index is 13.9. The molecule has 1 N–H and O–H groups in total. The number of halogens is 2. The number of carbonyl (C=O) groups is 1. The van der Waals surface area contributed by atoms with E-state index in [2.05, 4.69) is 15.2 Å². The molecule has 1 aliphatic heterocycles. The number of fused-ring (bicyclic) bond motifs is 1. The van der Waals surface area contributed by atoms with Crippen molar-refractivity contribution in [2.24, 2.45) is 0 Å². The molecular weight excluding hydrogens is 390 g/mol. The summed E-state index contributed by atoms with van der Waals surface area (Å²) in [5.41, 5.74) is 1.27. The van der Waals surface area contributed by atoms with Gasteiger partial charge in [0.2, 0.25) is 0 Å². The number of imidazole rings is 1. The van der Waals surface area contributed by atoms with Crippen LogP contribution < -0.4 is 10.1 Å². The van der Waals surface area contributed by atoms with Crippen LogP contribution in [0.25, 0.3) is 5.65 Å². The Morgan fingerprint density at radius 2 is 2.03 bits per heavy atom. The quantitative estimate of drug-likeness (QED) is 0.696. The van der Waals surface area contributed by atoms with Gasteiger partial charge in [0.05, 0.1) is 11.3 Å². The van der Waals surface area contributed by atoms with Gasteiger partial charge in [-0.3, -0.25) is 9.20 Å². The predicted octanol–water partition coefficient (Wildman–Crippen LogP) is 3.32. The molecule has 1 fully saturated rings. The Balaban J connectivity index is 1.58. The fourth-order valence-electron chi connectivity index (χ4n) is 3.90. The summed E-state index contributed by atoms with van der Waals surface area (Å²) in [4.78, 5) is 19.6. The van der Waals surface area contributed by atoms with Crippen LogP contribution in [0, 0.1) is 18.6 Å². The molecule has 8 heteroatoms. The molecule has 1 aliphatic rings. The van der Waals surface area contributed by atoms with Crippen LogP contribution in [0.2, 0.25) is 0 Å². The van der Waals surface area contributed by atoms with Crippen LogP contribution in [0.4, 0.5) is 8.78 Å². The fraction of sp³-hybridized carbons (Fsp3) is 0.364.